The number of hydrogen-bond donors (Lipinski definition) is 1. The molecule has 7 heteroatoms. The molecule has 3 aromatic rings. The van der Waals surface area contributed by atoms with Crippen molar-refractivity contribution in [1.82, 2.24) is 25.2 Å². The third-order valence-electron chi connectivity index (χ3n) is 3.65. The Hall–Kier alpha value is -2.96. The number of benzene rings is 1. The molecule has 3 rings (SSSR count). The van der Waals surface area contributed by atoms with Gasteiger partial charge in [-0.1, -0.05) is 17.3 Å². The molecule has 0 aliphatic heterocycles. The van der Waals surface area contributed by atoms with Gasteiger partial charge in [0.2, 0.25) is 11.8 Å². The lowest BCUT2D eigenvalue weighted by molar-refractivity contribution is -0.121. The molecule has 0 saturated heterocycles. The Kier molecular flexibility index (Phi) is 4.69. The van der Waals surface area contributed by atoms with Crippen LogP contribution in [0.1, 0.15) is 36.7 Å². The van der Waals surface area contributed by atoms with Crippen molar-refractivity contribution in [2.75, 3.05) is 0 Å². The highest BCUT2D eigenvalue weighted by molar-refractivity contribution is 5.76. The van der Waals surface area contributed by atoms with Gasteiger partial charge >= 0.3 is 0 Å². The fourth-order valence-corrected chi connectivity index (χ4v) is 2.42. The van der Waals surface area contributed by atoms with Crippen LogP contribution in [0.2, 0.25) is 0 Å². The first-order valence-corrected chi connectivity index (χ1v) is 7.80. The number of amides is 1. The minimum Gasteiger partial charge on any atom is -0.350 e. The largest absolute Gasteiger partial charge is 0.350 e. The van der Waals surface area contributed by atoms with Crippen LogP contribution in [-0.4, -0.2) is 25.8 Å². The molecule has 0 spiro atoms. The molecule has 124 valence electrons. The molecule has 2 aromatic heterocycles. The van der Waals surface area contributed by atoms with E-state index in [-0.39, 0.29) is 11.9 Å². The van der Waals surface area contributed by atoms with Gasteiger partial charge in [-0.15, -0.1) is 0 Å². The molecular formula is C17H19N5O2. The summed E-state index contributed by atoms with van der Waals surface area (Å²) in [7, 11) is 0. The molecule has 0 bridgehead atoms. The first kappa shape index (κ1) is 15.9. The van der Waals surface area contributed by atoms with E-state index in [1.165, 1.54) is 0 Å². The summed E-state index contributed by atoms with van der Waals surface area (Å²) < 4.78 is 6.80. The summed E-state index contributed by atoms with van der Waals surface area (Å²) in [6.45, 7) is 3.71. The van der Waals surface area contributed by atoms with Crippen molar-refractivity contribution in [1.29, 1.82) is 0 Å². The number of nitrogens with zero attached hydrogens (tertiary/aromatic N) is 4. The first-order chi connectivity index (χ1) is 11.6. The zero-order valence-corrected chi connectivity index (χ0v) is 13.6. The quantitative estimate of drug-likeness (QED) is 0.752. The van der Waals surface area contributed by atoms with Gasteiger partial charge in [0, 0.05) is 25.2 Å². The molecule has 1 aromatic carbocycles. The minimum atomic E-state index is -0.0996. The van der Waals surface area contributed by atoms with Crippen molar-refractivity contribution in [3.05, 3.63) is 60.0 Å². The van der Waals surface area contributed by atoms with Gasteiger partial charge in [-0.2, -0.15) is 10.1 Å². The van der Waals surface area contributed by atoms with Crippen molar-refractivity contribution in [2.24, 2.45) is 0 Å². The van der Waals surface area contributed by atoms with Crippen LogP contribution in [0, 0.1) is 6.92 Å². The Bertz CT molecular complexity index is 810. The summed E-state index contributed by atoms with van der Waals surface area (Å²) in [4.78, 5) is 16.2. The zero-order valence-electron chi connectivity index (χ0n) is 13.6. The molecular weight excluding hydrogens is 306 g/mol. The maximum absolute atomic E-state index is 12.1. The monoisotopic (exact) mass is 325 g/mol. The van der Waals surface area contributed by atoms with Crippen LogP contribution in [0.15, 0.2) is 47.2 Å². The van der Waals surface area contributed by atoms with Gasteiger partial charge in [-0.25, -0.2) is 4.68 Å². The second-order valence-corrected chi connectivity index (χ2v) is 5.57. The van der Waals surface area contributed by atoms with Crippen LogP contribution in [0.4, 0.5) is 0 Å². The molecule has 0 radical (unpaired) electrons. The topological polar surface area (TPSA) is 85.8 Å². The Morgan fingerprint density at radius 2 is 2.25 bits per heavy atom. The predicted molar refractivity (Wildman–Crippen MR) is 87.5 cm³/mol. The summed E-state index contributed by atoms with van der Waals surface area (Å²) in [5.41, 5.74) is 1.98. The van der Waals surface area contributed by atoms with E-state index in [2.05, 4.69) is 20.6 Å². The molecule has 0 aliphatic carbocycles. The maximum atomic E-state index is 12.1. The fraction of sp³-hybridized carbons (Fsp3) is 0.294. The lowest BCUT2D eigenvalue weighted by Crippen LogP contribution is -2.26. The molecule has 0 saturated carbocycles. The predicted octanol–water partition coefficient (Wildman–Crippen LogP) is 2.37. The molecule has 2 heterocycles. The summed E-state index contributed by atoms with van der Waals surface area (Å²) in [6, 6.07) is 9.70. The highest BCUT2D eigenvalue weighted by Gasteiger charge is 2.12. The molecule has 7 nitrogen and oxygen atoms in total. The van der Waals surface area contributed by atoms with Gasteiger partial charge in [0.05, 0.1) is 11.7 Å². The number of hydrogen-bond acceptors (Lipinski definition) is 5. The van der Waals surface area contributed by atoms with Crippen LogP contribution in [0.3, 0.4) is 0 Å². The van der Waals surface area contributed by atoms with Crippen LogP contribution < -0.4 is 5.32 Å². The van der Waals surface area contributed by atoms with Gasteiger partial charge in [0.1, 0.15) is 0 Å². The van der Waals surface area contributed by atoms with Gasteiger partial charge in [-0.05, 0) is 37.6 Å². The molecule has 24 heavy (non-hydrogen) atoms. The van der Waals surface area contributed by atoms with E-state index >= 15 is 0 Å². The van der Waals surface area contributed by atoms with Crippen LogP contribution in [0.5, 0.6) is 0 Å². The lowest BCUT2D eigenvalue weighted by atomic mass is 10.1. The van der Waals surface area contributed by atoms with Gasteiger partial charge in [0.15, 0.2) is 5.82 Å². The van der Waals surface area contributed by atoms with Crippen LogP contribution in [-0.2, 0) is 11.2 Å². The van der Waals surface area contributed by atoms with Gasteiger partial charge in [-0.3, -0.25) is 4.79 Å². The fourth-order valence-electron chi connectivity index (χ4n) is 2.42. The average Bonchev–Trinajstić information content (AvgIpc) is 3.24. The van der Waals surface area contributed by atoms with Crippen LogP contribution in [0.25, 0.3) is 5.69 Å². The second-order valence-electron chi connectivity index (χ2n) is 5.57. The third-order valence-corrected chi connectivity index (χ3v) is 3.65. The summed E-state index contributed by atoms with van der Waals surface area (Å²) >= 11 is 0. The molecule has 0 aliphatic rings. The van der Waals surface area contributed by atoms with Crippen molar-refractivity contribution >= 4 is 5.91 Å². The SMILES string of the molecule is Cc1noc(CCC(=O)NC(C)c2cccc(-n3cccn3)c2)n1. The van der Waals surface area contributed by atoms with Crippen molar-refractivity contribution in [2.45, 2.75) is 32.7 Å². The van der Waals surface area contributed by atoms with E-state index in [0.29, 0.717) is 24.6 Å². The second kappa shape index (κ2) is 7.08. The summed E-state index contributed by atoms with van der Waals surface area (Å²) in [5, 5.41) is 10.9. The van der Waals surface area contributed by atoms with E-state index in [9.17, 15) is 4.79 Å². The lowest BCUT2D eigenvalue weighted by Gasteiger charge is -2.15. The van der Waals surface area contributed by atoms with E-state index < -0.39 is 0 Å². The average molecular weight is 325 g/mol. The summed E-state index contributed by atoms with van der Waals surface area (Å²) in [6.07, 6.45) is 4.36. The number of aromatic nitrogens is 4. The standard InChI is InChI=1S/C17H19N5O2/c1-12(19-16(23)7-8-17-20-13(2)21-24-17)14-5-3-6-15(11-14)22-10-4-9-18-22/h3-6,9-12H,7-8H2,1-2H3,(H,19,23). The number of carbonyl (C=O) groups excluding carboxylic acids is 1. The molecule has 1 unspecified atom stereocenters. The first-order valence-electron chi connectivity index (χ1n) is 7.80. The van der Waals surface area contributed by atoms with Crippen molar-refractivity contribution in [3.63, 3.8) is 0 Å². The molecule has 0 fully saturated rings. The number of aryl methyl sites for hydroxylation is 2. The number of nitrogens with one attached hydrogen (secondary N) is 1. The van der Waals surface area contributed by atoms with E-state index in [0.717, 1.165) is 11.3 Å². The highest BCUT2D eigenvalue weighted by Crippen LogP contribution is 2.16. The Labute approximate surface area is 139 Å². The Balaban J connectivity index is 1.59. The Morgan fingerprint density at radius 3 is 2.96 bits per heavy atom. The van der Waals surface area contributed by atoms with Crippen LogP contribution >= 0.6 is 0 Å². The molecule has 1 N–H and O–H groups in total. The van der Waals surface area contributed by atoms with Gasteiger partial charge < -0.3 is 9.84 Å². The minimum absolute atomic E-state index is 0.0529. The molecule has 1 atom stereocenters. The van der Waals surface area contributed by atoms with Gasteiger partial charge in [0.25, 0.3) is 0 Å². The highest BCUT2D eigenvalue weighted by atomic mass is 16.5. The van der Waals surface area contributed by atoms with Crippen molar-refractivity contribution < 1.29 is 9.32 Å². The molecule has 1 amide bonds. The number of rotatable bonds is 6. The zero-order chi connectivity index (χ0) is 16.9. The normalized spacial score (nSPS) is 12.1. The third kappa shape index (κ3) is 3.87. The Morgan fingerprint density at radius 1 is 1.38 bits per heavy atom. The maximum Gasteiger partial charge on any atom is 0.227 e. The van der Waals surface area contributed by atoms with Crippen molar-refractivity contribution in [3.8, 4) is 5.69 Å². The van der Waals surface area contributed by atoms with E-state index in [4.69, 9.17) is 4.52 Å². The summed E-state index contributed by atoms with van der Waals surface area (Å²) in [5.74, 6) is 1.01. The van der Waals surface area contributed by atoms with E-state index in [1.54, 1.807) is 17.8 Å². The van der Waals surface area contributed by atoms with E-state index in [1.807, 2.05) is 43.5 Å². The smallest absolute Gasteiger partial charge is 0.227 e. The number of carbonyl (C=O) groups is 1.